The van der Waals surface area contributed by atoms with Gasteiger partial charge in [0.25, 0.3) is 0 Å². The Kier molecular flexibility index (Phi) is 7.77. The molecule has 7 aromatic rings. The lowest BCUT2D eigenvalue weighted by Gasteiger charge is -2.20. The van der Waals surface area contributed by atoms with Gasteiger partial charge in [-0.1, -0.05) is 160 Å². The maximum Gasteiger partial charge on any atom is -0.00264 e. The van der Waals surface area contributed by atoms with Crippen LogP contribution in [0.15, 0.2) is 141 Å². The second-order valence-electron chi connectivity index (χ2n) is 10.7. The number of aryl methyl sites for hydroxylation is 1. The molecule has 0 saturated carbocycles. The number of hydrogen-bond acceptors (Lipinski definition) is 0. The molecule has 7 aromatic carbocycles. The van der Waals surface area contributed by atoms with Crippen LogP contribution in [0.1, 0.15) is 30.5 Å². The van der Waals surface area contributed by atoms with Gasteiger partial charge in [-0.2, -0.15) is 0 Å². The lowest BCUT2D eigenvalue weighted by atomic mass is 9.83. The molecule has 0 fully saturated rings. The van der Waals surface area contributed by atoms with E-state index < -0.39 is 0 Å². The average Bonchev–Trinajstić information content (AvgIpc) is 3.07. The van der Waals surface area contributed by atoms with E-state index in [1.807, 2.05) is 26.0 Å². The molecule has 7 rings (SSSR count). The van der Waals surface area contributed by atoms with Crippen LogP contribution < -0.4 is 0 Å². The van der Waals surface area contributed by atoms with Crippen molar-refractivity contribution in [1.82, 2.24) is 0 Å². The van der Waals surface area contributed by atoms with E-state index in [0.29, 0.717) is 0 Å². The maximum atomic E-state index is 4.27. The molecule has 0 heteroatoms. The highest BCUT2D eigenvalue weighted by molar-refractivity contribution is 6.12. The summed E-state index contributed by atoms with van der Waals surface area (Å²) in [5, 5.41) is 7.43. The second-order valence-corrected chi connectivity index (χ2v) is 10.7. The summed E-state index contributed by atoms with van der Waals surface area (Å²) in [6.45, 7) is 14.7. The van der Waals surface area contributed by atoms with E-state index >= 15 is 0 Å². The zero-order chi connectivity index (χ0) is 29.9. The summed E-state index contributed by atoms with van der Waals surface area (Å²) in [5.41, 5.74) is 10.7. The van der Waals surface area contributed by atoms with Gasteiger partial charge in [0.1, 0.15) is 0 Å². The first-order chi connectivity index (χ1) is 21.1. The van der Waals surface area contributed by atoms with E-state index in [1.165, 1.54) is 71.3 Å². The molecule has 0 N–H and O–H groups in total. The summed E-state index contributed by atoms with van der Waals surface area (Å²) in [6, 6.07) is 46.2. The fourth-order valence-corrected chi connectivity index (χ4v) is 6.24. The minimum absolute atomic E-state index is 1.11. The van der Waals surface area contributed by atoms with E-state index in [1.54, 1.807) is 0 Å². The minimum atomic E-state index is 1.11. The molecule has 0 radical (unpaired) electrons. The van der Waals surface area contributed by atoms with Crippen LogP contribution in [0, 0.1) is 6.92 Å². The van der Waals surface area contributed by atoms with Crippen LogP contribution in [-0.2, 0) is 0 Å². The Bertz CT molecular complexity index is 2120. The smallest absolute Gasteiger partial charge is 0.00264 e. The largest absolute Gasteiger partial charge is 0.0984 e. The Balaban J connectivity index is 0.00000161. The predicted molar refractivity (Wildman–Crippen MR) is 192 cm³/mol. The molecule has 208 valence electrons. The summed E-state index contributed by atoms with van der Waals surface area (Å²) in [5.74, 6) is 0. The van der Waals surface area contributed by atoms with Crippen molar-refractivity contribution in [3.63, 3.8) is 0 Å². The summed E-state index contributed by atoms with van der Waals surface area (Å²) in [7, 11) is 0. The molecule has 0 spiro atoms. The fourth-order valence-electron chi connectivity index (χ4n) is 6.24. The van der Waals surface area contributed by atoms with Gasteiger partial charge in [0.05, 0.1) is 0 Å². The average molecular weight is 553 g/mol. The first kappa shape index (κ1) is 27.9. The third-order valence-electron chi connectivity index (χ3n) is 8.24. The maximum absolute atomic E-state index is 4.27. The standard InChI is InChI=1S/C41H30.C2H6/c1-4-36-37(5-2)41(35-23-22-32-24-27(3)14-15-34(32)26-35)39-13-9-8-12-38(39)40(36)30-19-16-29(17-20-30)33-21-18-28-10-6-7-11-31(28)25-33;1-2/h4-26H,1-2H2,3H3;1-2H3. The van der Waals surface area contributed by atoms with Gasteiger partial charge in [-0.25, -0.2) is 0 Å². The van der Waals surface area contributed by atoms with E-state index in [0.717, 1.165) is 11.1 Å². The van der Waals surface area contributed by atoms with Crippen molar-refractivity contribution in [2.45, 2.75) is 20.8 Å². The van der Waals surface area contributed by atoms with E-state index in [4.69, 9.17) is 0 Å². The van der Waals surface area contributed by atoms with Gasteiger partial charge in [0.15, 0.2) is 0 Å². The van der Waals surface area contributed by atoms with Crippen molar-refractivity contribution in [2.24, 2.45) is 0 Å². The zero-order valence-electron chi connectivity index (χ0n) is 25.2. The minimum Gasteiger partial charge on any atom is -0.0984 e. The molecular formula is C43H36. The monoisotopic (exact) mass is 552 g/mol. The third kappa shape index (κ3) is 5.07. The molecule has 0 aromatic heterocycles. The Hall–Kier alpha value is -5.20. The van der Waals surface area contributed by atoms with Crippen LogP contribution in [0.25, 0.3) is 77.9 Å². The van der Waals surface area contributed by atoms with Crippen LogP contribution in [0.3, 0.4) is 0 Å². The van der Waals surface area contributed by atoms with Gasteiger partial charge in [0.2, 0.25) is 0 Å². The van der Waals surface area contributed by atoms with Crippen LogP contribution in [0.5, 0.6) is 0 Å². The van der Waals surface area contributed by atoms with Gasteiger partial charge < -0.3 is 0 Å². The molecular weight excluding hydrogens is 516 g/mol. The quantitative estimate of drug-likeness (QED) is 0.199. The highest BCUT2D eigenvalue weighted by Crippen LogP contribution is 2.44. The number of fused-ring (bicyclic) bond motifs is 3. The Morgan fingerprint density at radius 1 is 0.419 bits per heavy atom. The first-order valence-corrected chi connectivity index (χ1v) is 15.1. The van der Waals surface area contributed by atoms with Crippen molar-refractivity contribution in [3.8, 4) is 33.4 Å². The Labute approximate surface area is 255 Å². The highest BCUT2D eigenvalue weighted by Gasteiger charge is 2.19. The summed E-state index contributed by atoms with van der Waals surface area (Å²) in [4.78, 5) is 0. The molecule has 0 amide bonds. The SMILES string of the molecule is C=Cc1c(C=C)c(-c2ccc3cc(C)ccc3c2)c2ccccc2c1-c1ccc(-c2ccc3ccccc3c2)cc1.CC. The zero-order valence-corrected chi connectivity index (χ0v) is 25.2. The van der Waals surface area contributed by atoms with Crippen LogP contribution in [0.4, 0.5) is 0 Å². The number of rotatable bonds is 5. The molecule has 0 heterocycles. The Morgan fingerprint density at radius 2 is 0.860 bits per heavy atom. The molecule has 0 saturated heterocycles. The molecule has 43 heavy (non-hydrogen) atoms. The van der Waals surface area contributed by atoms with Gasteiger partial charge in [-0.05, 0) is 95.9 Å². The summed E-state index contributed by atoms with van der Waals surface area (Å²) in [6.07, 6.45) is 3.98. The fraction of sp³-hybridized carbons (Fsp3) is 0.0698. The molecule has 0 aliphatic heterocycles. The highest BCUT2D eigenvalue weighted by atomic mass is 14.2. The molecule has 0 unspecified atom stereocenters. The van der Waals surface area contributed by atoms with Crippen molar-refractivity contribution in [1.29, 1.82) is 0 Å². The second kappa shape index (κ2) is 12.0. The third-order valence-corrected chi connectivity index (χ3v) is 8.24. The van der Waals surface area contributed by atoms with Crippen molar-refractivity contribution < 1.29 is 0 Å². The van der Waals surface area contributed by atoms with Gasteiger partial charge in [0, 0.05) is 0 Å². The van der Waals surface area contributed by atoms with Crippen LogP contribution in [-0.4, -0.2) is 0 Å². The van der Waals surface area contributed by atoms with Crippen molar-refractivity contribution in [3.05, 3.63) is 157 Å². The molecule has 0 aliphatic rings. The molecule has 0 aliphatic carbocycles. The van der Waals surface area contributed by atoms with Crippen LogP contribution >= 0.6 is 0 Å². The summed E-state index contributed by atoms with van der Waals surface area (Å²) >= 11 is 0. The normalized spacial score (nSPS) is 10.9. The van der Waals surface area contributed by atoms with E-state index in [-0.39, 0.29) is 0 Å². The summed E-state index contributed by atoms with van der Waals surface area (Å²) < 4.78 is 0. The van der Waals surface area contributed by atoms with Gasteiger partial charge in [-0.15, -0.1) is 0 Å². The van der Waals surface area contributed by atoms with Crippen molar-refractivity contribution in [2.75, 3.05) is 0 Å². The molecule has 0 bridgehead atoms. The first-order valence-electron chi connectivity index (χ1n) is 15.1. The predicted octanol–water partition coefficient (Wildman–Crippen LogP) is 12.8. The Morgan fingerprint density at radius 3 is 1.53 bits per heavy atom. The number of hydrogen-bond donors (Lipinski definition) is 0. The van der Waals surface area contributed by atoms with E-state index in [9.17, 15) is 0 Å². The van der Waals surface area contributed by atoms with E-state index in [2.05, 4.69) is 147 Å². The topological polar surface area (TPSA) is 0 Å². The lowest BCUT2D eigenvalue weighted by molar-refractivity contribution is 1.50. The van der Waals surface area contributed by atoms with Crippen LogP contribution in [0.2, 0.25) is 0 Å². The number of benzene rings is 7. The molecule has 0 nitrogen and oxygen atoms in total. The van der Waals surface area contributed by atoms with Gasteiger partial charge in [-0.3, -0.25) is 0 Å². The lowest BCUT2D eigenvalue weighted by Crippen LogP contribution is -1.96. The van der Waals surface area contributed by atoms with Gasteiger partial charge >= 0.3 is 0 Å². The van der Waals surface area contributed by atoms with Crippen molar-refractivity contribution >= 4 is 44.5 Å². The molecule has 0 atom stereocenters.